The van der Waals surface area contributed by atoms with Gasteiger partial charge in [0, 0.05) is 19.6 Å². The van der Waals surface area contributed by atoms with Crippen LogP contribution in [0, 0.1) is 0 Å². The molecule has 0 aromatic rings. The molecule has 6 heteroatoms. The zero-order valence-corrected chi connectivity index (χ0v) is 13.0. The van der Waals surface area contributed by atoms with Crippen LogP contribution >= 0.6 is 0 Å². The lowest BCUT2D eigenvalue weighted by Crippen LogP contribution is -2.28. The zero-order chi connectivity index (χ0) is 15.1. The van der Waals surface area contributed by atoms with Gasteiger partial charge in [-0.1, -0.05) is 0 Å². The highest BCUT2D eigenvalue weighted by Gasteiger charge is 2.01. The lowest BCUT2D eigenvalue weighted by molar-refractivity contribution is -0.122. The van der Waals surface area contributed by atoms with Crippen LogP contribution in [0.3, 0.4) is 0 Å². The van der Waals surface area contributed by atoms with Crippen LogP contribution in [-0.2, 0) is 23.7 Å². The van der Waals surface area contributed by atoms with Gasteiger partial charge in [-0.15, -0.1) is 0 Å². The van der Waals surface area contributed by atoms with E-state index in [2.05, 4.69) is 5.32 Å². The minimum absolute atomic E-state index is 0.0189. The van der Waals surface area contributed by atoms with E-state index < -0.39 is 0 Å². The van der Waals surface area contributed by atoms with Gasteiger partial charge in [-0.25, -0.2) is 0 Å². The zero-order valence-electron chi connectivity index (χ0n) is 13.0. The van der Waals surface area contributed by atoms with Crippen LogP contribution in [0.15, 0.2) is 0 Å². The molecule has 0 aliphatic rings. The van der Waals surface area contributed by atoms with Crippen LogP contribution in [0.25, 0.3) is 0 Å². The average Bonchev–Trinajstić information content (AvgIpc) is 2.41. The van der Waals surface area contributed by atoms with Gasteiger partial charge in [0.05, 0.1) is 45.7 Å². The molecule has 0 bridgehead atoms. The minimum Gasteiger partial charge on any atom is -0.379 e. The maximum Gasteiger partial charge on any atom is 0.222 e. The van der Waals surface area contributed by atoms with E-state index >= 15 is 0 Å². The molecular formula is C14H29NO5. The van der Waals surface area contributed by atoms with Gasteiger partial charge in [-0.05, 0) is 20.8 Å². The van der Waals surface area contributed by atoms with Crippen molar-refractivity contribution in [3.63, 3.8) is 0 Å². The van der Waals surface area contributed by atoms with Crippen LogP contribution in [0.4, 0.5) is 0 Å². The number of rotatable bonds is 14. The first kappa shape index (κ1) is 19.3. The van der Waals surface area contributed by atoms with Crippen LogP contribution in [0.1, 0.15) is 27.2 Å². The molecule has 0 radical (unpaired) electrons. The van der Waals surface area contributed by atoms with Crippen molar-refractivity contribution >= 4 is 5.91 Å². The van der Waals surface area contributed by atoms with Gasteiger partial charge in [0.25, 0.3) is 0 Å². The first-order valence-corrected chi connectivity index (χ1v) is 7.28. The topological polar surface area (TPSA) is 66.0 Å². The molecule has 0 rings (SSSR count). The van der Waals surface area contributed by atoms with Crippen molar-refractivity contribution in [1.82, 2.24) is 5.32 Å². The third-order valence-corrected chi connectivity index (χ3v) is 2.30. The van der Waals surface area contributed by atoms with E-state index in [1.807, 2.05) is 20.8 Å². The molecule has 0 aliphatic carbocycles. The molecule has 1 amide bonds. The van der Waals surface area contributed by atoms with E-state index in [1.54, 1.807) is 0 Å². The van der Waals surface area contributed by atoms with Gasteiger partial charge in [0.2, 0.25) is 5.91 Å². The summed E-state index contributed by atoms with van der Waals surface area (Å²) < 4.78 is 21.0. The molecule has 1 N–H and O–H groups in total. The molecule has 0 aliphatic heterocycles. The highest BCUT2D eigenvalue weighted by Crippen LogP contribution is 1.87. The summed E-state index contributed by atoms with van der Waals surface area (Å²) in [5.74, 6) is -0.0189. The molecule has 120 valence electrons. The Morgan fingerprint density at radius 1 is 0.950 bits per heavy atom. The Kier molecular flexibility index (Phi) is 14.2. The lowest BCUT2D eigenvalue weighted by Gasteiger charge is -2.09. The molecular weight excluding hydrogens is 262 g/mol. The van der Waals surface area contributed by atoms with Crippen molar-refractivity contribution in [2.75, 3.05) is 52.8 Å². The van der Waals surface area contributed by atoms with Crippen LogP contribution in [-0.4, -0.2) is 64.8 Å². The summed E-state index contributed by atoms with van der Waals surface area (Å²) in [5, 5.41) is 2.77. The number of hydrogen-bond donors (Lipinski definition) is 1. The highest BCUT2D eigenvalue weighted by atomic mass is 16.5. The molecule has 0 atom stereocenters. The maximum atomic E-state index is 11.4. The van der Waals surface area contributed by atoms with E-state index in [9.17, 15) is 4.79 Å². The fourth-order valence-corrected chi connectivity index (χ4v) is 1.32. The number of hydrogen-bond acceptors (Lipinski definition) is 5. The minimum atomic E-state index is -0.0189. The van der Waals surface area contributed by atoms with Crippen LogP contribution in [0.2, 0.25) is 0 Å². The van der Waals surface area contributed by atoms with E-state index in [0.29, 0.717) is 59.2 Å². The Balaban J connectivity index is 3.15. The van der Waals surface area contributed by atoms with Crippen LogP contribution < -0.4 is 5.32 Å². The molecule has 6 nitrogen and oxygen atoms in total. The molecule has 20 heavy (non-hydrogen) atoms. The number of carbonyl (C=O) groups excluding carboxylic acids is 1. The van der Waals surface area contributed by atoms with Crippen LogP contribution in [0.5, 0.6) is 0 Å². The highest BCUT2D eigenvalue weighted by molar-refractivity contribution is 5.75. The van der Waals surface area contributed by atoms with Crippen molar-refractivity contribution in [3.05, 3.63) is 0 Å². The fourth-order valence-electron chi connectivity index (χ4n) is 1.32. The summed E-state index contributed by atoms with van der Waals surface area (Å²) in [6, 6.07) is 0. The Hall–Kier alpha value is -0.690. The normalized spacial score (nSPS) is 11.0. The summed E-state index contributed by atoms with van der Waals surface area (Å²) in [5.41, 5.74) is 0. The standard InChI is InChI=1S/C14H29NO5/c1-4-17-9-10-19-12-11-18-7-5-14(16)15-6-8-20-13(2)3/h13H,4-12H2,1-3H3,(H,15,16). The summed E-state index contributed by atoms with van der Waals surface area (Å²) >= 11 is 0. The molecule has 0 fully saturated rings. The van der Waals surface area contributed by atoms with E-state index in [4.69, 9.17) is 18.9 Å². The first-order chi connectivity index (χ1) is 9.66. The van der Waals surface area contributed by atoms with Gasteiger partial charge in [-0.2, -0.15) is 0 Å². The van der Waals surface area contributed by atoms with Crippen molar-refractivity contribution in [2.45, 2.75) is 33.3 Å². The summed E-state index contributed by atoms with van der Waals surface area (Å²) in [4.78, 5) is 11.4. The summed E-state index contributed by atoms with van der Waals surface area (Å²) in [6.45, 7) is 10.3. The lowest BCUT2D eigenvalue weighted by atomic mass is 10.4. The van der Waals surface area contributed by atoms with Crippen molar-refractivity contribution < 1.29 is 23.7 Å². The van der Waals surface area contributed by atoms with Crippen molar-refractivity contribution in [2.24, 2.45) is 0 Å². The average molecular weight is 291 g/mol. The Bertz CT molecular complexity index is 224. The van der Waals surface area contributed by atoms with Gasteiger partial charge < -0.3 is 24.3 Å². The smallest absolute Gasteiger partial charge is 0.222 e. The molecule has 0 spiro atoms. The predicted molar refractivity (Wildman–Crippen MR) is 76.8 cm³/mol. The van der Waals surface area contributed by atoms with Crippen molar-refractivity contribution in [1.29, 1.82) is 0 Å². The summed E-state index contributed by atoms with van der Waals surface area (Å²) in [7, 11) is 0. The monoisotopic (exact) mass is 291 g/mol. The number of amides is 1. The quantitative estimate of drug-likeness (QED) is 0.483. The van der Waals surface area contributed by atoms with E-state index in [0.717, 1.165) is 0 Å². The van der Waals surface area contributed by atoms with Gasteiger partial charge >= 0.3 is 0 Å². The number of ether oxygens (including phenoxy) is 4. The number of nitrogens with one attached hydrogen (secondary N) is 1. The molecule has 0 unspecified atom stereocenters. The SMILES string of the molecule is CCOCCOCCOCCC(=O)NCCOC(C)C. The molecule has 0 aromatic carbocycles. The maximum absolute atomic E-state index is 11.4. The van der Waals surface area contributed by atoms with E-state index in [-0.39, 0.29) is 12.0 Å². The second-order valence-electron chi connectivity index (χ2n) is 4.44. The third kappa shape index (κ3) is 15.4. The first-order valence-electron chi connectivity index (χ1n) is 7.28. The predicted octanol–water partition coefficient (Wildman–Crippen LogP) is 0.987. The largest absolute Gasteiger partial charge is 0.379 e. The Morgan fingerprint density at radius 2 is 1.55 bits per heavy atom. The molecule has 0 saturated heterocycles. The van der Waals surface area contributed by atoms with Gasteiger partial charge in [0.1, 0.15) is 0 Å². The molecule has 0 heterocycles. The molecule has 0 saturated carbocycles. The Morgan fingerprint density at radius 3 is 2.15 bits per heavy atom. The third-order valence-electron chi connectivity index (χ3n) is 2.30. The van der Waals surface area contributed by atoms with Crippen molar-refractivity contribution in [3.8, 4) is 0 Å². The molecule has 0 aromatic heterocycles. The van der Waals surface area contributed by atoms with Gasteiger partial charge in [0.15, 0.2) is 0 Å². The number of carbonyl (C=O) groups is 1. The Labute approximate surface area is 122 Å². The second-order valence-corrected chi connectivity index (χ2v) is 4.44. The van der Waals surface area contributed by atoms with E-state index in [1.165, 1.54) is 0 Å². The van der Waals surface area contributed by atoms with Gasteiger partial charge in [-0.3, -0.25) is 4.79 Å². The second kappa shape index (κ2) is 14.7. The fraction of sp³-hybridized carbons (Fsp3) is 0.929. The summed E-state index contributed by atoms with van der Waals surface area (Å²) in [6.07, 6.45) is 0.554.